The Morgan fingerprint density at radius 3 is 3.00 bits per heavy atom. The predicted molar refractivity (Wildman–Crippen MR) is 93.0 cm³/mol. The lowest BCUT2D eigenvalue weighted by atomic mass is 10.0. The third-order valence-electron chi connectivity index (χ3n) is 4.82. The van der Waals surface area contributed by atoms with E-state index in [1.165, 1.54) is 0 Å². The number of hydrogen-bond donors (Lipinski definition) is 1. The number of rotatable bonds is 9. The highest BCUT2D eigenvalue weighted by Crippen LogP contribution is 2.37. The van der Waals surface area contributed by atoms with Gasteiger partial charge in [-0.1, -0.05) is 0 Å². The number of hydrogen-bond acceptors (Lipinski definition) is 5. The highest BCUT2D eigenvalue weighted by atomic mass is 16.5. The molecule has 2 aliphatic rings. The normalized spacial score (nSPS) is 23.2. The molecule has 7 nitrogen and oxygen atoms in total. The molecule has 3 rings (SSSR count). The minimum atomic E-state index is -0.399. The van der Waals surface area contributed by atoms with Crippen molar-refractivity contribution in [1.82, 2.24) is 15.1 Å². The Kier molecular flexibility index (Phi) is 5.37. The Morgan fingerprint density at radius 2 is 2.32 bits per heavy atom. The Bertz CT molecular complexity index is 669. The molecule has 1 fully saturated rings. The molecule has 134 valence electrons. The van der Waals surface area contributed by atoms with Gasteiger partial charge in [0, 0.05) is 32.2 Å². The summed E-state index contributed by atoms with van der Waals surface area (Å²) in [6.45, 7) is 2.84. The average Bonchev–Trinajstić information content (AvgIpc) is 3.01. The molecule has 2 heterocycles. The highest BCUT2D eigenvalue weighted by molar-refractivity contribution is 5.76. The van der Waals surface area contributed by atoms with Crippen molar-refractivity contribution in [3.8, 4) is 18.1 Å². The van der Waals surface area contributed by atoms with Gasteiger partial charge >= 0.3 is 0 Å². The average molecular weight is 343 g/mol. The van der Waals surface area contributed by atoms with E-state index >= 15 is 0 Å². The number of terminal acetylenes is 1. The molecule has 1 aromatic rings. The molecule has 0 saturated heterocycles. The van der Waals surface area contributed by atoms with Crippen molar-refractivity contribution in [1.29, 1.82) is 0 Å². The fraction of sp³-hybridized carbons (Fsp3) is 0.667. The van der Waals surface area contributed by atoms with E-state index in [4.69, 9.17) is 11.2 Å². The van der Waals surface area contributed by atoms with Crippen LogP contribution in [0.3, 0.4) is 0 Å². The van der Waals surface area contributed by atoms with Gasteiger partial charge in [-0.25, -0.2) is 0 Å². The van der Waals surface area contributed by atoms with E-state index in [0.717, 1.165) is 38.0 Å². The molecule has 25 heavy (non-hydrogen) atoms. The largest absolute Gasteiger partial charge is 0.485 e. The predicted octanol–water partition coefficient (Wildman–Crippen LogP) is 2.67. The third-order valence-corrected chi connectivity index (χ3v) is 4.82. The summed E-state index contributed by atoms with van der Waals surface area (Å²) in [4.78, 5) is 12.3. The van der Waals surface area contributed by atoms with Crippen molar-refractivity contribution in [3.63, 3.8) is 0 Å². The van der Waals surface area contributed by atoms with Crippen LogP contribution in [0, 0.1) is 12.3 Å². The Hall–Kier alpha value is -2.36. The fourth-order valence-electron chi connectivity index (χ4n) is 3.25. The second kappa shape index (κ2) is 7.68. The summed E-state index contributed by atoms with van der Waals surface area (Å²) in [5.41, 5.74) is -0.399. The number of nitrogens with zero attached hydrogens (tertiary/aromatic N) is 4. The number of nitrogens with one attached hydrogen (secondary N) is 1. The van der Waals surface area contributed by atoms with Gasteiger partial charge in [-0.2, -0.15) is 15.3 Å². The van der Waals surface area contributed by atoms with E-state index in [1.54, 1.807) is 6.20 Å². The van der Waals surface area contributed by atoms with E-state index in [1.807, 2.05) is 17.8 Å². The van der Waals surface area contributed by atoms with Gasteiger partial charge in [0.1, 0.15) is 6.10 Å². The van der Waals surface area contributed by atoms with Crippen LogP contribution in [-0.2, 0) is 11.3 Å². The number of aryl methyl sites for hydroxylation is 1. The van der Waals surface area contributed by atoms with Crippen LogP contribution >= 0.6 is 0 Å². The van der Waals surface area contributed by atoms with Crippen molar-refractivity contribution in [2.75, 3.05) is 0 Å². The van der Waals surface area contributed by atoms with Crippen LogP contribution in [0.15, 0.2) is 22.6 Å². The van der Waals surface area contributed by atoms with E-state index in [-0.39, 0.29) is 18.1 Å². The molecule has 2 atom stereocenters. The van der Waals surface area contributed by atoms with Crippen LogP contribution in [0.2, 0.25) is 0 Å². The lowest BCUT2D eigenvalue weighted by Crippen LogP contribution is -2.42. The van der Waals surface area contributed by atoms with E-state index in [2.05, 4.69) is 26.6 Å². The third kappa shape index (κ3) is 4.59. The fourth-order valence-corrected chi connectivity index (χ4v) is 3.25. The molecule has 1 amide bonds. The second-order valence-corrected chi connectivity index (χ2v) is 6.68. The van der Waals surface area contributed by atoms with Gasteiger partial charge in [0.05, 0.1) is 18.4 Å². The maximum absolute atomic E-state index is 12.3. The smallest absolute Gasteiger partial charge is 0.220 e. The summed E-state index contributed by atoms with van der Waals surface area (Å²) < 4.78 is 7.85. The summed E-state index contributed by atoms with van der Waals surface area (Å²) in [5.74, 6) is 3.39. The van der Waals surface area contributed by atoms with E-state index < -0.39 is 5.66 Å². The van der Waals surface area contributed by atoms with Gasteiger partial charge < -0.3 is 10.1 Å². The Labute approximate surface area is 148 Å². The first-order chi connectivity index (χ1) is 12.1. The molecule has 0 bridgehead atoms. The monoisotopic (exact) mass is 343 g/mol. The maximum atomic E-state index is 12.3. The number of ether oxygens (including phenoxy) is 1. The van der Waals surface area contributed by atoms with Crippen molar-refractivity contribution in [3.05, 3.63) is 12.4 Å². The molecule has 1 aliphatic carbocycles. The zero-order valence-corrected chi connectivity index (χ0v) is 14.6. The summed E-state index contributed by atoms with van der Waals surface area (Å²) in [6.07, 6.45) is 14.2. The first-order valence-electron chi connectivity index (χ1n) is 9.00. The number of aromatic nitrogens is 2. The molecule has 0 aromatic carbocycles. The summed E-state index contributed by atoms with van der Waals surface area (Å²) in [7, 11) is 0. The van der Waals surface area contributed by atoms with Crippen LogP contribution in [0.25, 0.3) is 0 Å². The molecule has 7 heteroatoms. The van der Waals surface area contributed by atoms with Gasteiger partial charge in [0.2, 0.25) is 5.91 Å². The standard InChI is InChI=1S/C18H25N5O2/c1-3-5-10-18(21-22-18)11-9-17(24)20-15-7-6-8-16(15)25-14-12-19-23(4-2)13-14/h1,12-13,15-16H,4-11H2,2H3,(H,20,24)/t15-,16+/m0/s1. The molecule has 1 N–H and O–H groups in total. The minimum absolute atomic E-state index is 0.00385. The summed E-state index contributed by atoms with van der Waals surface area (Å²) in [6, 6.07) is 0.0483. The van der Waals surface area contributed by atoms with Gasteiger partial charge in [-0.3, -0.25) is 9.48 Å². The maximum Gasteiger partial charge on any atom is 0.220 e. The summed E-state index contributed by atoms with van der Waals surface area (Å²) >= 11 is 0. The molecule has 0 radical (unpaired) electrons. The van der Waals surface area contributed by atoms with Crippen molar-refractivity contribution in [2.45, 2.75) is 76.2 Å². The molecule has 1 aromatic heterocycles. The Morgan fingerprint density at radius 1 is 1.48 bits per heavy atom. The van der Waals surface area contributed by atoms with Crippen LogP contribution in [-0.4, -0.2) is 33.5 Å². The topological polar surface area (TPSA) is 80.9 Å². The zero-order valence-electron chi connectivity index (χ0n) is 14.6. The quantitative estimate of drug-likeness (QED) is 0.700. The molecule has 0 spiro atoms. The van der Waals surface area contributed by atoms with Crippen LogP contribution in [0.1, 0.15) is 51.9 Å². The zero-order chi connectivity index (χ0) is 17.7. The molecule has 1 aliphatic heterocycles. The van der Waals surface area contributed by atoms with Crippen molar-refractivity contribution >= 4 is 5.91 Å². The minimum Gasteiger partial charge on any atom is -0.485 e. The lowest BCUT2D eigenvalue weighted by Gasteiger charge is -2.22. The van der Waals surface area contributed by atoms with Crippen molar-refractivity contribution < 1.29 is 9.53 Å². The van der Waals surface area contributed by atoms with E-state index in [0.29, 0.717) is 19.3 Å². The lowest BCUT2D eigenvalue weighted by molar-refractivity contribution is -0.122. The molecule has 0 unspecified atom stereocenters. The molecular formula is C18H25N5O2. The van der Waals surface area contributed by atoms with Gasteiger partial charge in [-0.15, -0.1) is 12.3 Å². The molecular weight excluding hydrogens is 318 g/mol. The molecule has 1 saturated carbocycles. The second-order valence-electron chi connectivity index (χ2n) is 6.68. The first-order valence-corrected chi connectivity index (χ1v) is 9.00. The summed E-state index contributed by atoms with van der Waals surface area (Å²) in [5, 5.41) is 15.5. The number of amides is 1. The first kappa shape index (κ1) is 17.5. The van der Waals surface area contributed by atoms with Crippen LogP contribution < -0.4 is 10.1 Å². The highest BCUT2D eigenvalue weighted by Gasteiger charge is 2.39. The number of carbonyl (C=O) groups excluding carboxylic acids is 1. The Balaban J connectivity index is 1.44. The van der Waals surface area contributed by atoms with E-state index in [9.17, 15) is 4.79 Å². The van der Waals surface area contributed by atoms with Crippen LogP contribution in [0.5, 0.6) is 5.75 Å². The van der Waals surface area contributed by atoms with Crippen LogP contribution in [0.4, 0.5) is 0 Å². The SMILES string of the molecule is C#CCCC1(CCC(=O)N[C@H]2CCC[C@H]2Oc2cnn(CC)c2)N=N1. The van der Waals surface area contributed by atoms with Gasteiger partial charge in [0.25, 0.3) is 0 Å². The van der Waals surface area contributed by atoms with Crippen molar-refractivity contribution in [2.24, 2.45) is 10.2 Å². The number of carbonyl (C=O) groups is 1. The van der Waals surface area contributed by atoms with Gasteiger partial charge in [0.15, 0.2) is 11.4 Å². The van der Waals surface area contributed by atoms with Gasteiger partial charge in [-0.05, 0) is 26.2 Å².